The molecule has 3 fully saturated rings. The Balaban J connectivity index is 1.52. The number of aliphatic hydroxyl groups excluding tert-OH is 1. The molecule has 6 atom stereocenters. The average molecular weight is 645 g/mol. The Labute approximate surface area is 278 Å². The molecular weight excluding hydrogens is 596 g/mol. The normalized spacial score (nSPS) is 24.9. The molecule has 3 saturated heterocycles. The number of carbonyl (C=O) groups is 3. The van der Waals surface area contributed by atoms with Crippen LogP contribution in [0.2, 0.25) is 0 Å². The SMILES string of the molecule is C=CCN(C(=O)C1N([C@H](C)CO)C(=O)[C@@H]2[C@@H](C(=O)N(CC=C)c3ccc(OCC)cc3)[C@H]3CCC12O3)c1ccc(N(CC)CC)cc1. The smallest absolute Gasteiger partial charge is 0.253 e. The molecule has 1 spiro atoms. The summed E-state index contributed by atoms with van der Waals surface area (Å²) < 4.78 is 12.3. The molecule has 0 saturated carbocycles. The Morgan fingerprint density at radius 2 is 1.53 bits per heavy atom. The maximum Gasteiger partial charge on any atom is 0.253 e. The van der Waals surface area contributed by atoms with E-state index in [1.165, 1.54) is 4.90 Å². The molecule has 2 unspecified atom stereocenters. The van der Waals surface area contributed by atoms with Crippen LogP contribution in [0.1, 0.15) is 40.5 Å². The Kier molecular flexibility index (Phi) is 10.4. The minimum atomic E-state index is -1.21. The van der Waals surface area contributed by atoms with E-state index in [0.29, 0.717) is 36.6 Å². The maximum absolute atomic E-state index is 14.8. The average Bonchev–Trinajstić information content (AvgIpc) is 3.74. The number of aliphatic hydroxyl groups is 1. The number of rotatable bonds is 15. The van der Waals surface area contributed by atoms with Crippen LogP contribution in [0, 0.1) is 11.8 Å². The molecule has 3 aliphatic heterocycles. The van der Waals surface area contributed by atoms with E-state index in [0.717, 1.165) is 18.8 Å². The molecule has 0 aliphatic carbocycles. The lowest BCUT2D eigenvalue weighted by Gasteiger charge is -2.38. The molecule has 3 amide bonds. The standard InChI is InChI=1S/C37H48N4O6/c1-7-22-39(28-16-18-29(19-17-28)46-11-5)34(43)31-30-20-21-37(47-30)32(31)35(44)41(25(6)24-42)33(37)36(45)40(23-8-2)27-14-12-26(13-15-27)38(9-3)10-4/h7-8,12-19,25,30-33,42H,1-2,9-11,20-24H2,3-6H3/t25-,30-,31+,32+,33?,37?/m1/s1. The number of hydrogen-bond acceptors (Lipinski definition) is 7. The van der Waals surface area contributed by atoms with Crippen LogP contribution in [0.3, 0.4) is 0 Å². The monoisotopic (exact) mass is 644 g/mol. The minimum Gasteiger partial charge on any atom is -0.494 e. The van der Waals surface area contributed by atoms with Crippen LogP contribution < -0.4 is 19.4 Å². The molecule has 252 valence electrons. The zero-order valence-electron chi connectivity index (χ0n) is 28.0. The zero-order chi connectivity index (χ0) is 33.9. The third kappa shape index (κ3) is 5.93. The third-order valence-corrected chi connectivity index (χ3v) is 9.90. The van der Waals surface area contributed by atoms with Gasteiger partial charge in [0.15, 0.2) is 0 Å². The quantitative estimate of drug-likeness (QED) is 0.287. The van der Waals surface area contributed by atoms with Gasteiger partial charge in [0, 0.05) is 43.2 Å². The molecule has 2 aromatic carbocycles. The van der Waals surface area contributed by atoms with Gasteiger partial charge < -0.3 is 34.2 Å². The fourth-order valence-electron chi connectivity index (χ4n) is 7.77. The van der Waals surface area contributed by atoms with Crippen molar-refractivity contribution in [3.05, 3.63) is 73.8 Å². The van der Waals surface area contributed by atoms with Crippen molar-refractivity contribution < 1.29 is 29.0 Å². The van der Waals surface area contributed by atoms with E-state index in [4.69, 9.17) is 9.47 Å². The summed E-state index contributed by atoms with van der Waals surface area (Å²) in [7, 11) is 0. The van der Waals surface area contributed by atoms with Gasteiger partial charge in [-0.1, -0.05) is 12.2 Å². The summed E-state index contributed by atoms with van der Waals surface area (Å²) in [5, 5.41) is 10.3. The second-order valence-corrected chi connectivity index (χ2v) is 12.4. The molecule has 2 bridgehead atoms. The van der Waals surface area contributed by atoms with Crippen molar-refractivity contribution in [3.8, 4) is 5.75 Å². The lowest BCUT2D eigenvalue weighted by atomic mass is 9.70. The van der Waals surface area contributed by atoms with Gasteiger partial charge in [-0.25, -0.2) is 0 Å². The van der Waals surface area contributed by atoms with Gasteiger partial charge in [0.25, 0.3) is 5.91 Å². The van der Waals surface area contributed by atoms with Crippen molar-refractivity contribution in [2.24, 2.45) is 11.8 Å². The number of benzene rings is 2. The van der Waals surface area contributed by atoms with E-state index in [-0.39, 0.29) is 37.4 Å². The van der Waals surface area contributed by atoms with Crippen LogP contribution in [0.25, 0.3) is 0 Å². The van der Waals surface area contributed by atoms with Crippen LogP contribution >= 0.6 is 0 Å². The van der Waals surface area contributed by atoms with Gasteiger partial charge in [0.1, 0.15) is 17.4 Å². The summed E-state index contributed by atoms with van der Waals surface area (Å²) in [6.45, 7) is 17.9. The summed E-state index contributed by atoms with van der Waals surface area (Å²) in [5.41, 5.74) is 1.16. The van der Waals surface area contributed by atoms with E-state index >= 15 is 0 Å². The molecular formula is C37H48N4O6. The van der Waals surface area contributed by atoms with Gasteiger partial charge in [0.2, 0.25) is 11.8 Å². The molecule has 2 aromatic rings. The van der Waals surface area contributed by atoms with Crippen LogP contribution in [0.15, 0.2) is 73.8 Å². The first-order chi connectivity index (χ1) is 22.7. The van der Waals surface area contributed by atoms with Gasteiger partial charge in [-0.15, -0.1) is 13.2 Å². The molecule has 1 N–H and O–H groups in total. The highest BCUT2D eigenvalue weighted by Gasteiger charge is 2.75. The molecule has 3 aliphatic rings. The summed E-state index contributed by atoms with van der Waals surface area (Å²) in [6, 6.07) is 13.4. The minimum absolute atomic E-state index is 0.215. The Morgan fingerprint density at radius 3 is 2.06 bits per heavy atom. The lowest BCUT2D eigenvalue weighted by Crippen LogP contribution is -2.58. The second kappa shape index (κ2) is 14.3. The Hall–Kier alpha value is -4.15. The third-order valence-electron chi connectivity index (χ3n) is 9.90. The van der Waals surface area contributed by atoms with Gasteiger partial charge in [-0.05, 0) is 89.1 Å². The van der Waals surface area contributed by atoms with Gasteiger partial charge in [0.05, 0.1) is 37.2 Å². The number of ether oxygens (including phenoxy) is 2. The summed E-state index contributed by atoms with van der Waals surface area (Å²) >= 11 is 0. The summed E-state index contributed by atoms with van der Waals surface area (Å²) in [6.07, 6.45) is 3.78. The number of anilines is 3. The number of carbonyl (C=O) groups excluding carboxylic acids is 3. The van der Waals surface area contributed by atoms with E-state index < -0.39 is 35.6 Å². The van der Waals surface area contributed by atoms with Crippen LogP contribution in [0.5, 0.6) is 5.75 Å². The largest absolute Gasteiger partial charge is 0.494 e. The first-order valence-corrected chi connectivity index (χ1v) is 16.7. The predicted octanol–water partition coefficient (Wildman–Crippen LogP) is 4.43. The highest BCUT2D eigenvalue weighted by atomic mass is 16.5. The molecule has 0 aromatic heterocycles. The van der Waals surface area contributed by atoms with E-state index in [1.807, 2.05) is 55.5 Å². The van der Waals surface area contributed by atoms with Crippen LogP contribution in [-0.2, 0) is 19.1 Å². The predicted molar refractivity (Wildman–Crippen MR) is 184 cm³/mol. The topological polar surface area (TPSA) is 103 Å². The van der Waals surface area contributed by atoms with E-state index in [1.54, 1.807) is 28.9 Å². The van der Waals surface area contributed by atoms with Crippen LogP contribution in [0.4, 0.5) is 17.1 Å². The van der Waals surface area contributed by atoms with Crippen molar-refractivity contribution in [1.82, 2.24) is 4.90 Å². The zero-order valence-corrected chi connectivity index (χ0v) is 28.0. The van der Waals surface area contributed by atoms with Crippen molar-refractivity contribution in [1.29, 1.82) is 0 Å². The number of hydrogen-bond donors (Lipinski definition) is 1. The number of likely N-dealkylation sites (tertiary alicyclic amines) is 1. The number of nitrogens with zero attached hydrogens (tertiary/aromatic N) is 4. The van der Waals surface area contributed by atoms with E-state index in [2.05, 4.69) is 31.9 Å². The van der Waals surface area contributed by atoms with E-state index in [9.17, 15) is 19.5 Å². The summed E-state index contributed by atoms with van der Waals surface area (Å²) in [4.78, 5) is 50.7. The lowest BCUT2D eigenvalue weighted by molar-refractivity contribution is -0.143. The van der Waals surface area contributed by atoms with Crippen molar-refractivity contribution >= 4 is 34.8 Å². The van der Waals surface area contributed by atoms with Gasteiger partial charge in [-0.3, -0.25) is 14.4 Å². The number of amides is 3. The van der Waals surface area contributed by atoms with Crippen molar-refractivity contribution in [2.75, 3.05) is 54.1 Å². The maximum atomic E-state index is 14.8. The molecule has 0 radical (unpaired) electrons. The molecule has 3 heterocycles. The first kappa shape index (κ1) is 34.2. The molecule has 10 nitrogen and oxygen atoms in total. The highest BCUT2D eigenvalue weighted by molar-refractivity contribution is 6.06. The van der Waals surface area contributed by atoms with Crippen LogP contribution in [-0.4, -0.2) is 90.9 Å². The summed E-state index contributed by atoms with van der Waals surface area (Å²) in [5.74, 6) is -1.89. The first-order valence-electron chi connectivity index (χ1n) is 16.7. The molecule has 5 rings (SSSR count). The Morgan fingerprint density at radius 1 is 0.979 bits per heavy atom. The molecule has 10 heteroatoms. The Bertz CT molecular complexity index is 1460. The van der Waals surface area contributed by atoms with Crippen molar-refractivity contribution in [2.45, 2.75) is 64.3 Å². The molecule has 47 heavy (non-hydrogen) atoms. The number of fused-ring (bicyclic) bond motifs is 1. The second-order valence-electron chi connectivity index (χ2n) is 12.4. The van der Waals surface area contributed by atoms with Gasteiger partial charge in [-0.2, -0.15) is 0 Å². The van der Waals surface area contributed by atoms with Gasteiger partial charge >= 0.3 is 0 Å². The van der Waals surface area contributed by atoms with Crippen molar-refractivity contribution in [3.63, 3.8) is 0 Å². The fraction of sp³-hybridized carbons (Fsp3) is 0.486. The highest BCUT2D eigenvalue weighted by Crippen LogP contribution is 2.59. The fourth-order valence-corrected chi connectivity index (χ4v) is 7.77.